The van der Waals surface area contributed by atoms with Crippen LogP contribution in [0.2, 0.25) is 0 Å². The van der Waals surface area contributed by atoms with Gasteiger partial charge in [-0.05, 0) is 30.1 Å². The Hall–Kier alpha value is 0.434. The first kappa shape index (κ1) is 11.4. The SMILES string of the molecule is Cc1ccc(S(=O)[O-])cc1.[Y]. The summed E-state index contributed by atoms with van der Waals surface area (Å²) >= 11 is -2.09. The van der Waals surface area contributed by atoms with Crippen LogP contribution >= 0.6 is 0 Å². The van der Waals surface area contributed by atoms with E-state index in [0.717, 1.165) is 5.56 Å². The van der Waals surface area contributed by atoms with Crippen molar-refractivity contribution in [2.75, 3.05) is 0 Å². The average Bonchev–Trinajstić information content (AvgIpc) is 1.88. The maximum Gasteiger partial charge on any atom is 0.0248 e. The molecule has 0 bridgehead atoms. The number of benzene rings is 1. The minimum absolute atomic E-state index is 0. The van der Waals surface area contributed by atoms with Crippen LogP contribution in [0, 0.1) is 6.92 Å². The standard InChI is InChI=1S/C7H8O2S.Y/c1-6-2-4-7(5-3-6)10(8)9;/h2-5H,1H3,(H,8,9);/p-1. The zero-order valence-electron chi connectivity index (χ0n) is 6.11. The summed E-state index contributed by atoms with van der Waals surface area (Å²) in [5, 5.41) is 0. The van der Waals surface area contributed by atoms with Crippen molar-refractivity contribution < 1.29 is 41.5 Å². The second kappa shape index (κ2) is 5.15. The Morgan fingerprint density at radius 3 is 2.09 bits per heavy atom. The van der Waals surface area contributed by atoms with E-state index < -0.39 is 11.1 Å². The minimum atomic E-state index is -2.09. The van der Waals surface area contributed by atoms with Crippen molar-refractivity contribution in [3.8, 4) is 0 Å². The summed E-state index contributed by atoms with van der Waals surface area (Å²) in [4.78, 5) is 0.339. The second-order valence-electron chi connectivity index (χ2n) is 2.05. The van der Waals surface area contributed by atoms with Crippen LogP contribution in [0.4, 0.5) is 0 Å². The molecule has 0 N–H and O–H groups in total. The van der Waals surface area contributed by atoms with Gasteiger partial charge >= 0.3 is 0 Å². The van der Waals surface area contributed by atoms with E-state index in [1.807, 2.05) is 6.92 Å². The van der Waals surface area contributed by atoms with Gasteiger partial charge in [-0.2, -0.15) is 0 Å². The summed E-state index contributed by atoms with van der Waals surface area (Å²) in [6.45, 7) is 1.91. The van der Waals surface area contributed by atoms with E-state index >= 15 is 0 Å². The molecule has 1 aromatic carbocycles. The number of hydrogen-bond donors (Lipinski definition) is 0. The first-order valence-corrected chi connectivity index (χ1v) is 3.93. The van der Waals surface area contributed by atoms with Crippen molar-refractivity contribution in [2.24, 2.45) is 0 Å². The topological polar surface area (TPSA) is 40.1 Å². The third-order valence-corrected chi connectivity index (χ3v) is 1.87. The van der Waals surface area contributed by atoms with Crippen LogP contribution in [0.3, 0.4) is 0 Å². The molecule has 4 heteroatoms. The molecule has 1 radical (unpaired) electrons. The Balaban J connectivity index is 0.000001000. The van der Waals surface area contributed by atoms with Crippen LogP contribution in [-0.2, 0) is 43.8 Å². The Morgan fingerprint density at radius 2 is 1.73 bits per heavy atom. The van der Waals surface area contributed by atoms with Gasteiger partial charge in [0.2, 0.25) is 0 Å². The molecule has 0 aliphatic heterocycles. The van der Waals surface area contributed by atoms with Crippen molar-refractivity contribution in [3.63, 3.8) is 0 Å². The molecule has 0 aliphatic rings. The Bertz CT molecular complexity index is 245. The first-order chi connectivity index (χ1) is 4.70. The fraction of sp³-hybridized carbons (Fsp3) is 0.143. The first-order valence-electron chi connectivity index (χ1n) is 2.86. The maximum absolute atomic E-state index is 10.3. The molecule has 0 aromatic heterocycles. The molecule has 0 saturated carbocycles. The van der Waals surface area contributed by atoms with Gasteiger partial charge in [0.05, 0.1) is 0 Å². The van der Waals surface area contributed by atoms with Gasteiger partial charge in [-0.3, -0.25) is 4.21 Å². The number of rotatable bonds is 1. The van der Waals surface area contributed by atoms with Gasteiger partial charge in [-0.15, -0.1) is 0 Å². The predicted molar refractivity (Wildman–Crippen MR) is 38.4 cm³/mol. The average molecular weight is 244 g/mol. The predicted octanol–water partition coefficient (Wildman–Crippen LogP) is 1.23. The van der Waals surface area contributed by atoms with Crippen LogP contribution in [-0.4, -0.2) is 8.76 Å². The molecule has 11 heavy (non-hydrogen) atoms. The van der Waals surface area contributed by atoms with E-state index in [1.165, 1.54) is 0 Å². The molecule has 1 rings (SSSR count). The van der Waals surface area contributed by atoms with Crippen LogP contribution in [0.15, 0.2) is 29.2 Å². The van der Waals surface area contributed by atoms with E-state index in [1.54, 1.807) is 24.3 Å². The molecule has 0 saturated heterocycles. The van der Waals surface area contributed by atoms with E-state index in [0.29, 0.717) is 4.90 Å². The zero-order chi connectivity index (χ0) is 7.56. The molecule has 0 fully saturated rings. The molecule has 1 atom stereocenters. The van der Waals surface area contributed by atoms with Crippen molar-refractivity contribution in [1.29, 1.82) is 0 Å². The monoisotopic (exact) mass is 244 g/mol. The summed E-state index contributed by atoms with van der Waals surface area (Å²) in [5.41, 5.74) is 1.06. The van der Waals surface area contributed by atoms with Crippen LogP contribution < -0.4 is 0 Å². The van der Waals surface area contributed by atoms with E-state index in [4.69, 9.17) is 0 Å². The normalized spacial score (nSPS) is 11.8. The van der Waals surface area contributed by atoms with E-state index in [2.05, 4.69) is 0 Å². The van der Waals surface area contributed by atoms with E-state index in [9.17, 15) is 8.76 Å². The number of hydrogen-bond acceptors (Lipinski definition) is 2. The van der Waals surface area contributed by atoms with Crippen molar-refractivity contribution in [1.82, 2.24) is 0 Å². The van der Waals surface area contributed by atoms with Gasteiger partial charge < -0.3 is 4.55 Å². The third kappa shape index (κ3) is 3.56. The van der Waals surface area contributed by atoms with Crippen molar-refractivity contribution >= 4 is 11.1 Å². The molecular formula is C7H7O2SY-. The van der Waals surface area contributed by atoms with Crippen LogP contribution in [0.25, 0.3) is 0 Å². The maximum atomic E-state index is 10.3. The van der Waals surface area contributed by atoms with Crippen molar-refractivity contribution in [2.45, 2.75) is 11.8 Å². The minimum Gasteiger partial charge on any atom is -0.768 e. The molecule has 0 heterocycles. The molecule has 2 nitrogen and oxygen atoms in total. The number of aryl methyl sites for hydroxylation is 1. The fourth-order valence-electron chi connectivity index (χ4n) is 0.649. The van der Waals surface area contributed by atoms with Crippen molar-refractivity contribution in [3.05, 3.63) is 29.8 Å². The van der Waals surface area contributed by atoms with Gasteiger partial charge in [-0.25, -0.2) is 0 Å². The summed E-state index contributed by atoms with van der Waals surface area (Å²) in [7, 11) is 0. The summed E-state index contributed by atoms with van der Waals surface area (Å²) in [5.74, 6) is 0. The summed E-state index contributed by atoms with van der Waals surface area (Å²) in [6.07, 6.45) is 0. The molecule has 0 aliphatic carbocycles. The van der Waals surface area contributed by atoms with E-state index in [-0.39, 0.29) is 32.7 Å². The van der Waals surface area contributed by atoms with Gasteiger partial charge in [0, 0.05) is 37.6 Å². The fourth-order valence-corrected chi connectivity index (χ4v) is 1.01. The molecule has 0 amide bonds. The Labute approximate surface area is 93.6 Å². The van der Waals surface area contributed by atoms with Crippen LogP contribution in [0.5, 0.6) is 0 Å². The quantitative estimate of drug-likeness (QED) is 0.697. The zero-order valence-corrected chi connectivity index (χ0v) is 9.77. The smallest absolute Gasteiger partial charge is 0.0248 e. The van der Waals surface area contributed by atoms with Gasteiger partial charge in [0.25, 0.3) is 0 Å². The summed E-state index contributed by atoms with van der Waals surface area (Å²) < 4.78 is 20.6. The Kier molecular flexibility index (Phi) is 5.35. The molecule has 57 valence electrons. The molecule has 1 unspecified atom stereocenters. The Morgan fingerprint density at radius 1 is 1.27 bits per heavy atom. The van der Waals surface area contributed by atoms with Gasteiger partial charge in [0.1, 0.15) is 0 Å². The van der Waals surface area contributed by atoms with Crippen LogP contribution in [0.1, 0.15) is 5.56 Å². The van der Waals surface area contributed by atoms with Gasteiger partial charge in [0.15, 0.2) is 0 Å². The molecule has 1 aromatic rings. The molecular weight excluding hydrogens is 237 g/mol. The largest absolute Gasteiger partial charge is 0.768 e. The third-order valence-electron chi connectivity index (χ3n) is 1.21. The summed E-state index contributed by atoms with van der Waals surface area (Å²) in [6, 6.07) is 6.70. The van der Waals surface area contributed by atoms with Gasteiger partial charge in [-0.1, -0.05) is 17.7 Å². The molecule has 0 spiro atoms. The second-order valence-corrected chi connectivity index (χ2v) is 2.99.